The molecule has 0 bridgehead atoms. The summed E-state index contributed by atoms with van der Waals surface area (Å²) in [7, 11) is 0. The molecule has 1 amide bonds. The third-order valence-electron chi connectivity index (χ3n) is 2.92. The van der Waals surface area contributed by atoms with Crippen LogP contribution in [0, 0.1) is 0 Å². The Morgan fingerprint density at radius 1 is 1.28 bits per heavy atom. The summed E-state index contributed by atoms with van der Waals surface area (Å²) in [5.41, 5.74) is 7.36. The number of nitrogens with zero attached hydrogens (tertiary/aromatic N) is 5. The minimum absolute atomic E-state index is 0.0306. The van der Waals surface area contributed by atoms with Crippen molar-refractivity contribution in [2.24, 2.45) is 5.73 Å². The molecular formula is C11H12N6O. The van der Waals surface area contributed by atoms with E-state index in [0.29, 0.717) is 13.0 Å². The molecule has 1 saturated heterocycles. The maximum atomic E-state index is 11.9. The van der Waals surface area contributed by atoms with Gasteiger partial charge in [0, 0.05) is 19.0 Å². The molecule has 0 radical (unpaired) electrons. The van der Waals surface area contributed by atoms with Crippen LogP contribution < -0.4 is 10.6 Å². The van der Waals surface area contributed by atoms with Crippen LogP contribution in [0.25, 0.3) is 5.69 Å². The zero-order valence-electron chi connectivity index (χ0n) is 9.60. The van der Waals surface area contributed by atoms with Crippen LogP contribution in [0.2, 0.25) is 0 Å². The smallest absolute Gasteiger partial charge is 0.228 e. The highest BCUT2D eigenvalue weighted by atomic mass is 16.2. The predicted molar refractivity (Wildman–Crippen MR) is 64.1 cm³/mol. The van der Waals surface area contributed by atoms with Crippen molar-refractivity contribution in [3.05, 3.63) is 30.6 Å². The highest BCUT2D eigenvalue weighted by molar-refractivity contribution is 5.98. The van der Waals surface area contributed by atoms with Crippen molar-refractivity contribution in [2.75, 3.05) is 11.4 Å². The lowest BCUT2D eigenvalue weighted by Crippen LogP contribution is -2.28. The fourth-order valence-electron chi connectivity index (χ4n) is 2.13. The lowest BCUT2D eigenvalue weighted by Gasteiger charge is -2.19. The Morgan fingerprint density at radius 3 is 2.67 bits per heavy atom. The molecule has 7 heteroatoms. The van der Waals surface area contributed by atoms with Crippen molar-refractivity contribution in [1.82, 2.24) is 20.2 Å². The number of anilines is 1. The van der Waals surface area contributed by atoms with E-state index in [9.17, 15) is 4.79 Å². The molecule has 92 valence electrons. The molecule has 2 heterocycles. The van der Waals surface area contributed by atoms with Gasteiger partial charge in [-0.3, -0.25) is 4.79 Å². The van der Waals surface area contributed by atoms with Gasteiger partial charge in [0.15, 0.2) is 0 Å². The van der Waals surface area contributed by atoms with Crippen LogP contribution in [0.4, 0.5) is 5.69 Å². The van der Waals surface area contributed by atoms with E-state index in [1.807, 2.05) is 24.3 Å². The Labute approximate surface area is 103 Å². The fraction of sp³-hybridized carbons (Fsp3) is 0.273. The molecule has 2 aromatic rings. The average Bonchev–Trinajstić information content (AvgIpc) is 2.99. The Bertz CT molecular complexity index is 567. The van der Waals surface area contributed by atoms with Crippen molar-refractivity contribution >= 4 is 11.6 Å². The van der Waals surface area contributed by atoms with Gasteiger partial charge in [-0.2, -0.15) is 4.68 Å². The zero-order chi connectivity index (χ0) is 12.5. The van der Waals surface area contributed by atoms with Crippen molar-refractivity contribution < 1.29 is 4.79 Å². The molecule has 0 aliphatic carbocycles. The minimum atomic E-state index is -0.112. The van der Waals surface area contributed by atoms with Crippen LogP contribution in [0.15, 0.2) is 30.6 Å². The molecule has 3 rings (SSSR count). The molecule has 2 N–H and O–H groups in total. The van der Waals surface area contributed by atoms with Gasteiger partial charge in [0.1, 0.15) is 6.33 Å². The number of hydrogen-bond donors (Lipinski definition) is 1. The van der Waals surface area contributed by atoms with E-state index in [4.69, 9.17) is 5.73 Å². The average molecular weight is 244 g/mol. The number of tetrazole rings is 1. The minimum Gasteiger partial charge on any atom is -0.326 e. The second kappa shape index (κ2) is 4.19. The second-order valence-corrected chi connectivity index (χ2v) is 4.21. The number of hydrogen-bond acceptors (Lipinski definition) is 5. The van der Waals surface area contributed by atoms with E-state index in [1.165, 1.54) is 11.0 Å². The summed E-state index contributed by atoms with van der Waals surface area (Å²) < 4.78 is 1.53. The Morgan fingerprint density at radius 2 is 2.06 bits per heavy atom. The van der Waals surface area contributed by atoms with Crippen molar-refractivity contribution in [3.8, 4) is 5.69 Å². The summed E-state index contributed by atoms with van der Waals surface area (Å²) in [4.78, 5) is 13.6. The first-order chi connectivity index (χ1) is 8.75. The first-order valence-corrected chi connectivity index (χ1v) is 5.64. The highest BCUT2D eigenvalue weighted by Crippen LogP contribution is 2.27. The van der Waals surface area contributed by atoms with E-state index < -0.39 is 0 Å². The molecular weight excluding hydrogens is 232 g/mol. The van der Waals surface area contributed by atoms with Gasteiger partial charge >= 0.3 is 0 Å². The molecule has 1 aromatic heterocycles. The van der Waals surface area contributed by atoms with E-state index in [1.54, 1.807) is 4.90 Å². The van der Waals surface area contributed by atoms with Crippen molar-refractivity contribution in [3.63, 3.8) is 0 Å². The molecule has 18 heavy (non-hydrogen) atoms. The summed E-state index contributed by atoms with van der Waals surface area (Å²) in [6.45, 7) is 0.526. The van der Waals surface area contributed by atoms with Crippen LogP contribution in [-0.2, 0) is 4.79 Å². The quantitative estimate of drug-likeness (QED) is 0.785. The summed E-state index contributed by atoms with van der Waals surface area (Å²) >= 11 is 0. The first-order valence-electron chi connectivity index (χ1n) is 5.64. The predicted octanol–water partition coefficient (Wildman–Crippen LogP) is -0.274. The van der Waals surface area contributed by atoms with Crippen LogP contribution in [0.1, 0.15) is 6.42 Å². The summed E-state index contributed by atoms with van der Waals surface area (Å²) in [5, 5.41) is 11.1. The number of benzene rings is 1. The first kappa shape index (κ1) is 10.8. The summed E-state index contributed by atoms with van der Waals surface area (Å²) in [6, 6.07) is 7.37. The molecule has 1 fully saturated rings. The zero-order valence-corrected chi connectivity index (χ0v) is 9.60. The van der Waals surface area contributed by atoms with Gasteiger partial charge in [-0.15, -0.1) is 5.10 Å². The standard InChI is InChI=1S/C11H12N6O/c12-8-5-11(18)16(6-8)9-3-1-2-4-10(9)17-7-13-14-15-17/h1-4,7-8H,5-6,12H2. The van der Waals surface area contributed by atoms with Crippen LogP contribution in [0.5, 0.6) is 0 Å². The van der Waals surface area contributed by atoms with Gasteiger partial charge in [0.25, 0.3) is 0 Å². The normalized spacial score (nSPS) is 19.5. The molecule has 0 spiro atoms. The van der Waals surface area contributed by atoms with Gasteiger partial charge in [-0.25, -0.2) is 0 Å². The molecule has 7 nitrogen and oxygen atoms in total. The topological polar surface area (TPSA) is 89.9 Å². The molecule has 1 unspecified atom stereocenters. The monoisotopic (exact) mass is 244 g/mol. The number of carbonyl (C=O) groups excluding carboxylic acids is 1. The molecule has 1 aliphatic rings. The number of rotatable bonds is 2. The van der Waals surface area contributed by atoms with Gasteiger partial charge in [-0.05, 0) is 22.6 Å². The van der Waals surface area contributed by atoms with E-state index in [0.717, 1.165) is 11.4 Å². The van der Waals surface area contributed by atoms with E-state index in [-0.39, 0.29) is 11.9 Å². The number of aromatic nitrogens is 4. The van der Waals surface area contributed by atoms with Gasteiger partial charge in [-0.1, -0.05) is 12.1 Å². The highest BCUT2D eigenvalue weighted by Gasteiger charge is 2.29. The van der Waals surface area contributed by atoms with Gasteiger partial charge in [0.05, 0.1) is 11.4 Å². The molecule has 0 saturated carbocycles. The SMILES string of the molecule is NC1CC(=O)N(c2ccccc2-n2cnnn2)C1. The summed E-state index contributed by atoms with van der Waals surface area (Å²) in [6.07, 6.45) is 1.88. The Hall–Kier alpha value is -2.28. The largest absolute Gasteiger partial charge is 0.326 e. The van der Waals surface area contributed by atoms with Gasteiger partial charge < -0.3 is 10.6 Å². The molecule has 1 aromatic carbocycles. The number of amides is 1. The third-order valence-corrected chi connectivity index (χ3v) is 2.92. The van der Waals surface area contributed by atoms with Gasteiger partial charge in [0.2, 0.25) is 5.91 Å². The molecule has 1 atom stereocenters. The Balaban J connectivity index is 2.05. The second-order valence-electron chi connectivity index (χ2n) is 4.21. The number of nitrogens with two attached hydrogens (primary N) is 1. The maximum Gasteiger partial charge on any atom is 0.228 e. The van der Waals surface area contributed by atoms with E-state index in [2.05, 4.69) is 15.5 Å². The fourth-order valence-corrected chi connectivity index (χ4v) is 2.13. The van der Waals surface area contributed by atoms with Crippen LogP contribution in [0.3, 0.4) is 0 Å². The third kappa shape index (κ3) is 1.74. The van der Waals surface area contributed by atoms with E-state index >= 15 is 0 Å². The number of carbonyl (C=O) groups is 1. The lowest BCUT2D eigenvalue weighted by molar-refractivity contribution is -0.117. The molecule has 1 aliphatic heterocycles. The van der Waals surface area contributed by atoms with Crippen molar-refractivity contribution in [1.29, 1.82) is 0 Å². The number of para-hydroxylation sites is 2. The lowest BCUT2D eigenvalue weighted by atomic mass is 10.2. The Kier molecular flexibility index (Phi) is 2.52. The maximum absolute atomic E-state index is 11.9. The van der Waals surface area contributed by atoms with Crippen LogP contribution >= 0.6 is 0 Å². The van der Waals surface area contributed by atoms with Crippen molar-refractivity contribution in [2.45, 2.75) is 12.5 Å². The van der Waals surface area contributed by atoms with Crippen LogP contribution in [-0.4, -0.2) is 38.7 Å². The summed E-state index contributed by atoms with van der Waals surface area (Å²) in [5.74, 6) is 0.0306.